The molecule has 3 atom stereocenters. The monoisotopic (exact) mass is 698 g/mol. The van der Waals surface area contributed by atoms with Gasteiger partial charge in [-0.25, -0.2) is 28.0 Å². The van der Waals surface area contributed by atoms with Gasteiger partial charge in [0.15, 0.2) is 22.4 Å². The highest BCUT2D eigenvalue weighted by atomic mass is 32.2. The number of carbonyl (C=O) groups is 5. The normalized spacial score (nSPS) is 27.7. The third kappa shape index (κ3) is 4.93. The molecule has 3 saturated heterocycles. The number of rotatable bonds is 9. The first-order valence-electron chi connectivity index (χ1n) is 13.1. The molecule has 6 rings (SSSR count). The van der Waals surface area contributed by atoms with Gasteiger partial charge in [0.25, 0.3) is 17.4 Å². The third-order valence-corrected chi connectivity index (χ3v) is 9.85. The molecule has 8 N–H and O–H groups in total. The van der Waals surface area contributed by atoms with E-state index in [1.54, 1.807) is 0 Å². The summed E-state index contributed by atoms with van der Waals surface area (Å²) in [6.45, 7) is -0.952. The molecule has 0 saturated carbocycles. The van der Waals surface area contributed by atoms with Gasteiger partial charge in [0.1, 0.15) is 24.4 Å². The van der Waals surface area contributed by atoms with Gasteiger partial charge >= 0.3 is 33.8 Å². The van der Waals surface area contributed by atoms with E-state index in [1.807, 2.05) is 0 Å². The zero-order chi connectivity index (χ0) is 34.1. The molecular weight excluding hydrogens is 676 g/mol. The summed E-state index contributed by atoms with van der Waals surface area (Å²) in [7, 11) is -4.65. The van der Waals surface area contributed by atoms with Crippen molar-refractivity contribution in [2.75, 3.05) is 25.4 Å². The fourth-order valence-corrected chi connectivity index (χ4v) is 6.98. The topological polar surface area (TPSA) is 313 Å². The summed E-state index contributed by atoms with van der Waals surface area (Å²) >= 11 is 0.913. The molecule has 0 radical (unpaired) electrons. The van der Waals surface area contributed by atoms with E-state index in [1.165, 1.54) is 5.38 Å². The standard InChI is InChI=1S/C23H22N8O14S2/c24-21-27-11(6-46-21)15(28-45-22(19(37)38)7-25-8-22)16(34)26-10-5-43-31(17(10)35)23(20(39)40)2-12(18(36)44-23)30-3-9-1-13(32)14(33)4-29(9)47(30,41)42/h1,3-4,6,10,12,25,32-33H,2,5,7-8H2,(H2,24,27)(H,26,34)(H,37,38)(H,39,40)/b28-15-/t10-,12?,23?/m0/s1. The summed E-state index contributed by atoms with van der Waals surface area (Å²) < 4.78 is 32.4. The van der Waals surface area contributed by atoms with Crippen LogP contribution in [0, 0.1) is 0 Å². The number of nitrogens with zero attached hydrogens (tertiary/aromatic N) is 5. The molecule has 24 heteroatoms. The van der Waals surface area contributed by atoms with E-state index in [4.69, 9.17) is 20.1 Å². The van der Waals surface area contributed by atoms with Crippen molar-refractivity contribution in [3.8, 4) is 0 Å². The first-order chi connectivity index (χ1) is 22.1. The second-order valence-electron chi connectivity index (χ2n) is 10.4. The maximum absolute atomic E-state index is 13.4. The number of hydrogen-bond acceptors (Lipinski definition) is 17. The van der Waals surface area contributed by atoms with Gasteiger partial charge in [0.2, 0.25) is 0 Å². The SMILES string of the molecule is Nc1nc(/C(=N/OC2(C(=O)O)CNC2)C(=O)N[C@H]2CON(C3(C(=O)O)CC(N4C=C5C=C(O)C(O)=CN5S4(=O)=O)C(=O)O3)C2=O)cs1. The molecule has 6 heterocycles. The van der Waals surface area contributed by atoms with Crippen LogP contribution >= 0.6 is 11.3 Å². The molecule has 2 unspecified atom stereocenters. The van der Waals surface area contributed by atoms with Gasteiger partial charge in [-0.2, -0.15) is 13.5 Å². The molecule has 5 aliphatic heterocycles. The number of aromatic nitrogens is 1. The van der Waals surface area contributed by atoms with Crippen LogP contribution in [0.15, 0.2) is 46.2 Å². The Hall–Kier alpha value is -5.46. The number of nitrogens with one attached hydrogen (secondary N) is 2. The zero-order valence-electron chi connectivity index (χ0n) is 23.3. The number of oxime groups is 1. The van der Waals surface area contributed by atoms with E-state index in [2.05, 4.69) is 20.8 Å². The van der Waals surface area contributed by atoms with Gasteiger partial charge < -0.3 is 46.4 Å². The van der Waals surface area contributed by atoms with Crippen molar-refractivity contribution in [1.82, 2.24) is 29.3 Å². The molecule has 3 fully saturated rings. The summed E-state index contributed by atoms with van der Waals surface area (Å²) in [6.07, 6.45) is 1.44. The zero-order valence-corrected chi connectivity index (χ0v) is 24.9. The molecule has 250 valence electrons. The molecule has 22 nitrogen and oxygen atoms in total. The number of nitrogens with two attached hydrogens (primary N) is 1. The molecule has 5 aliphatic rings. The van der Waals surface area contributed by atoms with E-state index in [0.29, 0.717) is 14.8 Å². The summed E-state index contributed by atoms with van der Waals surface area (Å²) in [5.74, 6) is -8.51. The van der Waals surface area contributed by atoms with Gasteiger partial charge in [0.05, 0.1) is 31.4 Å². The number of allylic oxidation sites excluding steroid dienone is 1. The lowest BCUT2D eigenvalue weighted by Gasteiger charge is -2.35. The Kier molecular flexibility index (Phi) is 7.26. The van der Waals surface area contributed by atoms with Crippen molar-refractivity contribution in [3.05, 3.63) is 46.8 Å². The molecular formula is C23H22N8O14S2. The Morgan fingerprint density at radius 3 is 2.49 bits per heavy atom. The number of fused-ring (bicyclic) bond motifs is 1. The van der Waals surface area contributed by atoms with Gasteiger partial charge in [-0.1, -0.05) is 5.16 Å². The lowest BCUT2D eigenvalue weighted by atomic mass is 9.98. The number of ether oxygens (including phenoxy) is 1. The second-order valence-corrected chi connectivity index (χ2v) is 13.0. The number of nitrogen functional groups attached to an aromatic ring is 1. The number of thiazole rings is 1. The Bertz CT molecular complexity index is 1850. The Balaban J connectivity index is 1.22. The second kappa shape index (κ2) is 10.8. The number of hydrogen-bond donors (Lipinski definition) is 7. The van der Waals surface area contributed by atoms with Crippen LogP contribution in [-0.2, 0) is 48.6 Å². The van der Waals surface area contributed by atoms with Crippen LogP contribution in [0.2, 0.25) is 0 Å². The van der Waals surface area contributed by atoms with Crippen molar-refractivity contribution < 1.29 is 67.2 Å². The summed E-state index contributed by atoms with van der Waals surface area (Å²) in [5.41, 5.74) is 0.0402. The first-order valence-corrected chi connectivity index (χ1v) is 15.4. The lowest BCUT2D eigenvalue weighted by molar-refractivity contribution is -0.256. The van der Waals surface area contributed by atoms with E-state index < -0.39 is 93.6 Å². The number of anilines is 1. The molecule has 0 bridgehead atoms. The van der Waals surface area contributed by atoms with Crippen molar-refractivity contribution >= 4 is 62.1 Å². The molecule has 0 aromatic carbocycles. The minimum atomic E-state index is -4.65. The fourth-order valence-electron chi connectivity index (χ4n) is 4.91. The maximum atomic E-state index is 13.4. The third-order valence-electron chi connectivity index (χ3n) is 7.47. The average molecular weight is 699 g/mol. The number of esters is 1. The summed E-state index contributed by atoms with van der Waals surface area (Å²) in [6, 6.07) is -3.48. The van der Waals surface area contributed by atoms with Crippen molar-refractivity contribution in [3.63, 3.8) is 0 Å². The number of aliphatic hydroxyl groups is 2. The smallest absolute Gasteiger partial charge is 0.372 e. The van der Waals surface area contributed by atoms with E-state index in [9.17, 15) is 52.8 Å². The predicted molar refractivity (Wildman–Crippen MR) is 149 cm³/mol. The average Bonchev–Trinajstić information content (AvgIpc) is 3.71. The van der Waals surface area contributed by atoms with Crippen LogP contribution in [0.5, 0.6) is 0 Å². The molecule has 47 heavy (non-hydrogen) atoms. The lowest BCUT2D eigenvalue weighted by Crippen LogP contribution is -2.65. The van der Waals surface area contributed by atoms with Gasteiger partial charge in [-0.05, 0) is 0 Å². The Morgan fingerprint density at radius 1 is 1.17 bits per heavy atom. The highest BCUT2D eigenvalue weighted by molar-refractivity contribution is 7.87. The number of amides is 2. The molecule has 0 aliphatic carbocycles. The van der Waals surface area contributed by atoms with E-state index in [0.717, 1.165) is 23.6 Å². The maximum Gasteiger partial charge on any atom is 0.372 e. The highest BCUT2D eigenvalue weighted by Crippen LogP contribution is 2.41. The number of aliphatic carboxylic acids is 2. The van der Waals surface area contributed by atoms with Gasteiger partial charge in [-0.3, -0.25) is 14.4 Å². The highest BCUT2D eigenvalue weighted by Gasteiger charge is 2.65. The summed E-state index contributed by atoms with van der Waals surface area (Å²) in [4.78, 5) is 78.3. The van der Waals surface area contributed by atoms with Crippen LogP contribution in [0.4, 0.5) is 5.13 Å². The number of carbonyl (C=O) groups excluding carboxylic acids is 3. The molecule has 2 amide bonds. The van der Waals surface area contributed by atoms with Crippen molar-refractivity contribution in [2.45, 2.75) is 29.8 Å². The van der Waals surface area contributed by atoms with Crippen LogP contribution < -0.4 is 16.4 Å². The number of cyclic esters (lactones) is 1. The van der Waals surface area contributed by atoms with Crippen LogP contribution in [-0.4, -0.2) is 126 Å². The fraction of sp³-hybridized carbons (Fsp3) is 0.348. The number of carboxylic acids is 2. The molecule has 0 spiro atoms. The first kappa shape index (κ1) is 31.5. The number of hydroxylamine groups is 2. The van der Waals surface area contributed by atoms with Gasteiger partial charge in [0, 0.05) is 17.7 Å². The van der Waals surface area contributed by atoms with Crippen LogP contribution in [0.3, 0.4) is 0 Å². The Morgan fingerprint density at radius 2 is 1.89 bits per heavy atom. The predicted octanol–water partition coefficient (Wildman–Crippen LogP) is -3.21. The molecule has 1 aromatic heterocycles. The van der Waals surface area contributed by atoms with Crippen LogP contribution in [0.1, 0.15) is 12.1 Å². The number of carboxylic acid groups (broad SMARTS) is 2. The van der Waals surface area contributed by atoms with Gasteiger partial charge in [-0.15, -0.1) is 11.3 Å². The van der Waals surface area contributed by atoms with E-state index >= 15 is 0 Å². The minimum Gasteiger partial charge on any atom is -0.504 e. The van der Waals surface area contributed by atoms with E-state index in [-0.39, 0.29) is 34.7 Å². The minimum absolute atomic E-state index is 0.0126. The Labute approximate surface area is 265 Å². The molecule has 1 aromatic rings. The van der Waals surface area contributed by atoms with Crippen molar-refractivity contribution in [1.29, 1.82) is 0 Å². The number of aliphatic hydroxyl groups excluding tert-OH is 2. The van der Waals surface area contributed by atoms with Crippen LogP contribution in [0.25, 0.3) is 0 Å². The summed E-state index contributed by atoms with van der Waals surface area (Å²) in [5, 5.41) is 49.3. The van der Waals surface area contributed by atoms with Crippen molar-refractivity contribution in [2.24, 2.45) is 5.16 Å². The quantitative estimate of drug-likeness (QED) is 0.0758. The largest absolute Gasteiger partial charge is 0.504 e.